The highest BCUT2D eigenvalue weighted by Crippen LogP contribution is 2.23. The summed E-state index contributed by atoms with van der Waals surface area (Å²) in [7, 11) is 0. The van der Waals surface area contributed by atoms with Crippen LogP contribution in [0.3, 0.4) is 0 Å². The third-order valence-corrected chi connectivity index (χ3v) is 2.75. The largest absolute Gasteiger partial charge is 0.339 e. The minimum atomic E-state index is 0.235. The summed E-state index contributed by atoms with van der Waals surface area (Å²) in [4.78, 5) is 13.6. The summed E-state index contributed by atoms with van der Waals surface area (Å²) in [6.07, 6.45) is 2.82. The van der Waals surface area contributed by atoms with Gasteiger partial charge in [-0.1, -0.05) is 13.8 Å². The Balaban J connectivity index is 2.52. The minimum absolute atomic E-state index is 0.235. The number of hydrogen-bond donors (Lipinski definition) is 1. The van der Waals surface area contributed by atoms with E-state index in [-0.39, 0.29) is 5.91 Å². The number of carbonyl (C=O) groups is 1. The molecule has 3 nitrogen and oxygen atoms in total. The van der Waals surface area contributed by atoms with E-state index in [1.54, 1.807) is 0 Å². The van der Waals surface area contributed by atoms with Gasteiger partial charge in [0.05, 0.1) is 0 Å². The second kappa shape index (κ2) is 4.61. The van der Waals surface area contributed by atoms with E-state index in [4.69, 9.17) is 5.73 Å². The van der Waals surface area contributed by atoms with Crippen molar-refractivity contribution in [3.05, 3.63) is 0 Å². The van der Waals surface area contributed by atoms with Crippen molar-refractivity contribution in [2.24, 2.45) is 11.7 Å². The molecule has 2 N–H and O–H groups in total. The van der Waals surface area contributed by atoms with Gasteiger partial charge in [-0.25, -0.2) is 0 Å². The normalized spacial score (nSPS) is 22.8. The average Bonchev–Trinajstić information content (AvgIpc) is 2.52. The number of nitrogens with two attached hydrogens (primary N) is 1. The van der Waals surface area contributed by atoms with Gasteiger partial charge in [-0.3, -0.25) is 4.79 Å². The zero-order chi connectivity index (χ0) is 9.84. The molecule has 1 saturated heterocycles. The van der Waals surface area contributed by atoms with Gasteiger partial charge in [0.2, 0.25) is 5.91 Å². The number of likely N-dealkylation sites (tertiary alicyclic amines) is 1. The van der Waals surface area contributed by atoms with Gasteiger partial charge in [0.25, 0.3) is 0 Å². The van der Waals surface area contributed by atoms with E-state index in [9.17, 15) is 4.79 Å². The molecule has 0 aromatic carbocycles. The maximum Gasteiger partial charge on any atom is 0.224 e. The topological polar surface area (TPSA) is 46.3 Å². The van der Waals surface area contributed by atoms with E-state index < -0.39 is 0 Å². The first-order valence-electron chi connectivity index (χ1n) is 5.16. The van der Waals surface area contributed by atoms with E-state index in [0.717, 1.165) is 19.4 Å². The Kier molecular flexibility index (Phi) is 3.72. The standard InChI is InChI=1S/C10H20N2O/c1-8(2)9-4-3-7-12(9)10(13)5-6-11/h8-9H,3-7,11H2,1-2H3. The van der Waals surface area contributed by atoms with Crippen LogP contribution in [-0.4, -0.2) is 29.9 Å². The molecule has 0 bridgehead atoms. The molecular formula is C10H20N2O. The zero-order valence-electron chi connectivity index (χ0n) is 8.62. The molecule has 1 fully saturated rings. The van der Waals surface area contributed by atoms with Crippen molar-refractivity contribution in [1.82, 2.24) is 4.90 Å². The van der Waals surface area contributed by atoms with Crippen LogP contribution in [0.2, 0.25) is 0 Å². The third-order valence-electron chi connectivity index (χ3n) is 2.75. The van der Waals surface area contributed by atoms with Crippen molar-refractivity contribution in [2.75, 3.05) is 13.1 Å². The Morgan fingerprint density at radius 1 is 1.62 bits per heavy atom. The maximum absolute atomic E-state index is 11.6. The lowest BCUT2D eigenvalue weighted by molar-refractivity contribution is -0.132. The van der Waals surface area contributed by atoms with Gasteiger partial charge in [-0.05, 0) is 18.8 Å². The fraction of sp³-hybridized carbons (Fsp3) is 0.900. The van der Waals surface area contributed by atoms with Crippen molar-refractivity contribution in [3.8, 4) is 0 Å². The molecule has 3 heteroatoms. The molecule has 1 unspecified atom stereocenters. The highest BCUT2D eigenvalue weighted by atomic mass is 16.2. The number of rotatable bonds is 3. The lowest BCUT2D eigenvalue weighted by atomic mass is 10.0. The number of amides is 1. The lowest BCUT2D eigenvalue weighted by Crippen LogP contribution is -2.39. The zero-order valence-corrected chi connectivity index (χ0v) is 8.62. The number of nitrogens with zero attached hydrogens (tertiary/aromatic N) is 1. The SMILES string of the molecule is CC(C)C1CCCN1C(=O)CCN. The van der Waals surface area contributed by atoms with Gasteiger partial charge in [-0.2, -0.15) is 0 Å². The van der Waals surface area contributed by atoms with Gasteiger partial charge in [0, 0.05) is 25.6 Å². The average molecular weight is 184 g/mol. The summed E-state index contributed by atoms with van der Waals surface area (Å²) >= 11 is 0. The molecule has 13 heavy (non-hydrogen) atoms. The Hall–Kier alpha value is -0.570. The predicted octanol–water partition coefficient (Wildman–Crippen LogP) is 0.982. The van der Waals surface area contributed by atoms with E-state index >= 15 is 0 Å². The van der Waals surface area contributed by atoms with Crippen LogP contribution in [0, 0.1) is 5.92 Å². The van der Waals surface area contributed by atoms with Crippen LogP contribution < -0.4 is 5.73 Å². The van der Waals surface area contributed by atoms with Crippen LogP contribution in [0.25, 0.3) is 0 Å². The molecule has 1 amide bonds. The second-order valence-corrected chi connectivity index (χ2v) is 4.08. The summed E-state index contributed by atoms with van der Waals surface area (Å²) in [5, 5.41) is 0. The van der Waals surface area contributed by atoms with Gasteiger partial charge >= 0.3 is 0 Å². The molecule has 76 valence electrons. The monoisotopic (exact) mass is 184 g/mol. The molecule has 1 atom stereocenters. The molecule has 0 saturated carbocycles. The van der Waals surface area contributed by atoms with E-state index in [1.165, 1.54) is 0 Å². The van der Waals surface area contributed by atoms with Crippen LogP contribution in [0.15, 0.2) is 0 Å². The highest BCUT2D eigenvalue weighted by Gasteiger charge is 2.29. The summed E-state index contributed by atoms with van der Waals surface area (Å²) in [6, 6.07) is 0.457. The van der Waals surface area contributed by atoms with E-state index in [0.29, 0.717) is 24.9 Å². The molecule has 1 aliphatic rings. The Morgan fingerprint density at radius 3 is 2.85 bits per heavy atom. The molecule has 0 aliphatic carbocycles. The third kappa shape index (κ3) is 2.44. The smallest absolute Gasteiger partial charge is 0.224 e. The Morgan fingerprint density at radius 2 is 2.31 bits per heavy atom. The first kappa shape index (κ1) is 10.5. The summed E-state index contributed by atoms with van der Waals surface area (Å²) in [6.45, 7) is 5.76. The number of carbonyl (C=O) groups excluding carboxylic acids is 1. The fourth-order valence-electron chi connectivity index (χ4n) is 2.06. The van der Waals surface area contributed by atoms with Crippen molar-refractivity contribution >= 4 is 5.91 Å². The van der Waals surface area contributed by atoms with Gasteiger partial charge < -0.3 is 10.6 Å². The summed E-state index contributed by atoms with van der Waals surface area (Å²) in [5.74, 6) is 0.808. The van der Waals surface area contributed by atoms with Crippen LogP contribution in [0.4, 0.5) is 0 Å². The Labute approximate surface area is 80.3 Å². The molecule has 0 spiro atoms. The summed E-state index contributed by atoms with van der Waals surface area (Å²) in [5.41, 5.74) is 5.37. The fourth-order valence-corrected chi connectivity index (χ4v) is 2.06. The van der Waals surface area contributed by atoms with Crippen molar-refractivity contribution in [1.29, 1.82) is 0 Å². The minimum Gasteiger partial charge on any atom is -0.339 e. The highest BCUT2D eigenvalue weighted by molar-refractivity contribution is 5.77. The first-order chi connectivity index (χ1) is 6.16. The lowest BCUT2D eigenvalue weighted by Gasteiger charge is -2.27. The van der Waals surface area contributed by atoms with Crippen LogP contribution in [-0.2, 0) is 4.79 Å². The van der Waals surface area contributed by atoms with Crippen molar-refractivity contribution in [2.45, 2.75) is 39.2 Å². The first-order valence-corrected chi connectivity index (χ1v) is 5.16. The molecule has 1 heterocycles. The van der Waals surface area contributed by atoms with Crippen LogP contribution in [0.5, 0.6) is 0 Å². The van der Waals surface area contributed by atoms with Crippen molar-refractivity contribution < 1.29 is 4.79 Å². The molecule has 1 aliphatic heterocycles. The number of hydrogen-bond acceptors (Lipinski definition) is 2. The van der Waals surface area contributed by atoms with E-state index in [1.807, 2.05) is 4.90 Å². The van der Waals surface area contributed by atoms with Crippen LogP contribution in [0.1, 0.15) is 33.1 Å². The van der Waals surface area contributed by atoms with Gasteiger partial charge in [-0.15, -0.1) is 0 Å². The quantitative estimate of drug-likeness (QED) is 0.710. The molecular weight excluding hydrogens is 164 g/mol. The molecule has 0 aromatic heterocycles. The Bertz CT molecular complexity index is 180. The second-order valence-electron chi connectivity index (χ2n) is 4.08. The molecule has 0 radical (unpaired) electrons. The van der Waals surface area contributed by atoms with Crippen LogP contribution >= 0.6 is 0 Å². The molecule has 1 rings (SSSR count). The van der Waals surface area contributed by atoms with Gasteiger partial charge in [0.1, 0.15) is 0 Å². The van der Waals surface area contributed by atoms with Gasteiger partial charge in [0.15, 0.2) is 0 Å². The predicted molar refractivity (Wildman–Crippen MR) is 53.2 cm³/mol. The van der Waals surface area contributed by atoms with E-state index in [2.05, 4.69) is 13.8 Å². The van der Waals surface area contributed by atoms with Crippen molar-refractivity contribution in [3.63, 3.8) is 0 Å². The maximum atomic E-state index is 11.6. The molecule has 0 aromatic rings. The summed E-state index contributed by atoms with van der Waals surface area (Å²) < 4.78 is 0.